The van der Waals surface area contributed by atoms with Crippen molar-refractivity contribution in [1.82, 2.24) is 19.9 Å². The summed E-state index contributed by atoms with van der Waals surface area (Å²) in [6, 6.07) is 15.2. The molecule has 1 saturated heterocycles. The molecule has 2 aromatic heterocycles. The Balaban J connectivity index is 1.56. The lowest BCUT2D eigenvalue weighted by Crippen LogP contribution is -2.48. The zero-order valence-electron chi connectivity index (χ0n) is 17.2. The molecule has 5 rings (SSSR count). The van der Waals surface area contributed by atoms with Crippen LogP contribution in [0, 0.1) is 0 Å². The fraction of sp³-hybridized carbons (Fsp3) is 0.167. The van der Waals surface area contributed by atoms with Crippen molar-refractivity contribution >= 4 is 45.1 Å². The van der Waals surface area contributed by atoms with E-state index in [0.717, 1.165) is 21.7 Å². The molecule has 0 saturated carbocycles. The van der Waals surface area contributed by atoms with Gasteiger partial charge in [-0.3, -0.25) is 4.79 Å². The van der Waals surface area contributed by atoms with Crippen LogP contribution in [0.25, 0.3) is 33.1 Å². The van der Waals surface area contributed by atoms with Crippen LogP contribution in [0.4, 0.5) is 5.82 Å². The number of rotatable bonds is 3. The van der Waals surface area contributed by atoms with Gasteiger partial charge in [-0.25, -0.2) is 4.98 Å². The summed E-state index contributed by atoms with van der Waals surface area (Å²) in [6.07, 6.45) is 1.33. The van der Waals surface area contributed by atoms with E-state index in [1.54, 1.807) is 4.90 Å². The Morgan fingerprint density at radius 1 is 1.00 bits per heavy atom. The predicted molar refractivity (Wildman–Crippen MR) is 126 cm³/mol. The number of hydrogen-bond acceptors (Lipinski definition) is 6. The first-order valence-electron chi connectivity index (χ1n) is 10.3. The van der Waals surface area contributed by atoms with Crippen molar-refractivity contribution in [2.45, 2.75) is 0 Å². The summed E-state index contributed by atoms with van der Waals surface area (Å²) in [5, 5.41) is 13.5. The molecule has 0 radical (unpaired) electrons. The van der Waals surface area contributed by atoms with E-state index in [9.17, 15) is 9.90 Å². The summed E-state index contributed by atoms with van der Waals surface area (Å²) in [5.41, 5.74) is 2.01. The van der Waals surface area contributed by atoms with Crippen LogP contribution in [0.15, 0.2) is 61.2 Å². The number of carbonyl (C=O) groups is 1. The Morgan fingerprint density at radius 2 is 1.75 bits per heavy atom. The molecule has 0 unspecified atom stereocenters. The molecule has 1 N–H and O–H groups in total. The second kappa shape index (κ2) is 8.09. The van der Waals surface area contributed by atoms with Crippen LogP contribution in [0.5, 0.6) is 6.01 Å². The van der Waals surface area contributed by atoms with Crippen LogP contribution in [-0.4, -0.2) is 57.0 Å². The molecule has 7 nitrogen and oxygen atoms in total. The van der Waals surface area contributed by atoms with Crippen molar-refractivity contribution in [3.8, 4) is 17.3 Å². The summed E-state index contributed by atoms with van der Waals surface area (Å²) in [7, 11) is 0. The van der Waals surface area contributed by atoms with E-state index >= 15 is 0 Å². The quantitative estimate of drug-likeness (QED) is 0.479. The molecule has 0 atom stereocenters. The van der Waals surface area contributed by atoms with Gasteiger partial charge in [-0.15, -0.1) is 0 Å². The highest BCUT2D eigenvalue weighted by molar-refractivity contribution is 6.36. The third-order valence-electron chi connectivity index (χ3n) is 5.72. The number of nitrogens with zero attached hydrogens (tertiary/aromatic N) is 5. The van der Waals surface area contributed by atoms with Gasteiger partial charge in [-0.2, -0.15) is 9.97 Å². The van der Waals surface area contributed by atoms with Crippen LogP contribution in [0.3, 0.4) is 0 Å². The zero-order valence-corrected chi connectivity index (χ0v) is 18.0. The molecule has 160 valence electrons. The molecule has 0 bridgehead atoms. The van der Waals surface area contributed by atoms with Gasteiger partial charge in [0.25, 0.3) is 0 Å². The number of pyridine rings is 1. The van der Waals surface area contributed by atoms with Gasteiger partial charge in [0.05, 0.1) is 11.1 Å². The maximum absolute atomic E-state index is 11.9. The number of aromatic hydroxyl groups is 1. The highest BCUT2D eigenvalue weighted by Crippen LogP contribution is 2.34. The van der Waals surface area contributed by atoms with E-state index in [2.05, 4.69) is 16.5 Å². The lowest BCUT2D eigenvalue weighted by atomic mass is 10.0. The summed E-state index contributed by atoms with van der Waals surface area (Å²) < 4.78 is 0. The van der Waals surface area contributed by atoms with E-state index in [-0.39, 0.29) is 11.9 Å². The number of anilines is 1. The molecule has 32 heavy (non-hydrogen) atoms. The highest BCUT2D eigenvalue weighted by atomic mass is 35.5. The molecular formula is C24H20ClN5O2. The summed E-state index contributed by atoms with van der Waals surface area (Å²) in [5.74, 6) is 0.522. The van der Waals surface area contributed by atoms with Gasteiger partial charge in [0, 0.05) is 42.2 Å². The van der Waals surface area contributed by atoms with Gasteiger partial charge in [0.15, 0.2) is 5.65 Å². The monoisotopic (exact) mass is 445 g/mol. The first kappa shape index (κ1) is 20.2. The Bertz CT molecular complexity index is 1360. The molecule has 1 fully saturated rings. The number of carbonyl (C=O) groups excluding carboxylic acids is 1. The number of piperazine rings is 1. The van der Waals surface area contributed by atoms with Crippen molar-refractivity contribution in [2.24, 2.45) is 0 Å². The second-order valence-corrected chi connectivity index (χ2v) is 7.98. The SMILES string of the molecule is C=CC(=O)N1CCN(c2nc(O)nc3nc(-c4cccc5cccc(Cl)c45)ccc23)CC1. The summed E-state index contributed by atoms with van der Waals surface area (Å²) in [6.45, 7) is 5.83. The molecule has 1 aliphatic rings. The molecule has 0 spiro atoms. The molecule has 1 aliphatic heterocycles. The number of fused-ring (bicyclic) bond motifs is 2. The molecule has 8 heteroatoms. The molecule has 4 aromatic rings. The van der Waals surface area contributed by atoms with E-state index in [4.69, 9.17) is 16.6 Å². The second-order valence-electron chi connectivity index (χ2n) is 7.57. The number of amides is 1. The van der Waals surface area contributed by atoms with Gasteiger partial charge in [0.1, 0.15) is 5.82 Å². The smallest absolute Gasteiger partial charge is 0.317 e. The molecule has 3 heterocycles. The maximum Gasteiger partial charge on any atom is 0.317 e. The van der Waals surface area contributed by atoms with Crippen LogP contribution in [0.1, 0.15) is 0 Å². The van der Waals surface area contributed by atoms with Crippen LogP contribution >= 0.6 is 11.6 Å². The molecule has 0 aliphatic carbocycles. The predicted octanol–water partition coefficient (Wildman–Crippen LogP) is 4.04. The summed E-state index contributed by atoms with van der Waals surface area (Å²) in [4.78, 5) is 28.8. The third-order valence-corrected chi connectivity index (χ3v) is 6.04. The van der Waals surface area contributed by atoms with Gasteiger partial charge in [-0.1, -0.05) is 48.5 Å². The van der Waals surface area contributed by atoms with Crippen molar-refractivity contribution in [3.63, 3.8) is 0 Å². The third kappa shape index (κ3) is 3.50. The minimum atomic E-state index is -0.335. The van der Waals surface area contributed by atoms with E-state index in [1.807, 2.05) is 53.4 Å². The average Bonchev–Trinajstić information content (AvgIpc) is 2.82. The Labute approximate surface area is 189 Å². The maximum atomic E-state index is 11.9. The Hall–Kier alpha value is -3.71. The topological polar surface area (TPSA) is 82.5 Å². The Morgan fingerprint density at radius 3 is 2.50 bits per heavy atom. The fourth-order valence-corrected chi connectivity index (χ4v) is 4.43. The van der Waals surface area contributed by atoms with Gasteiger partial charge in [-0.05, 0) is 29.7 Å². The van der Waals surface area contributed by atoms with Crippen LogP contribution in [-0.2, 0) is 4.79 Å². The van der Waals surface area contributed by atoms with Crippen LogP contribution < -0.4 is 4.90 Å². The van der Waals surface area contributed by atoms with Gasteiger partial charge >= 0.3 is 6.01 Å². The minimum absolute atomic E-state index is 0.0832. The van der Waals surface area contributed by atoms with Crippen molar-refractivity contribution in [2.75, 3.05) is 31.1 Å². The van der Waals surface area contributed by atoms with Crippen molar-refractivity contribution < 1.29 is 9.90 Å². The van der Waals surface area contributed by atoms with E-state index in [1.165, 1.54) is 6.08 Å². The highest BCUT2D eigenvalue weighted by Gasteiger charge is 2.23. The van der Waals surface area contributed by atoms with E-state index in [0.29, 0.717) is 48.4 Å². The first-order chi connectivity index (χ1) is 15.5. The zero-order chi connectivity index (χ0) is 22.2. The van der Waals surface area contributed by atoms with Crippen molar-refractivity contribution in [3.05, 3.63) is 66.2 Å². The largest absolute Gasteiger partial charge is 0.479 e. The molecule has 2 aromatic carbocycles. The van der Waals surface area contributed by atoms with E-state index < -0.39 is 0 Å². The minimum Gasteiger partial charge on any atom is -0.479 e. The number of aromatic nitrogens is 3. The number of benzene rings is 2. The van der Waals surface area contributed by atoms with Gasteiger partial charge < -0.3 is 14.9 Å². The average molecular weight is 446 g/mol. The molecule has 1 amide bonds. The normalized spacial score (nSPS) is 14.2. The van der Waals surface area contributed by atoms with Crippen LogP contribution in [0.2, 0.25) is 5.02 Å². The van der Waals surface area contributed by atoms with Crippen molar-refractivity contribution in [1.29, 1.82) is 0 Å². The summed E-state index contributed by atoms with van der Waals surface area (Å²) >= 11 is 6.49. The lowest BCUT2D eigenvalue weighted by Gasteiger charge is -2.35. The lowest BCUT2D eigenvalue weighted by molar-refractivity contribution is -0.126. The fourth-order valence-electron chi connectivity index (χ4n) is 4.15. The Kier molecular flexibility index (Phi) is 5.11. The number of halogens is 1. The molecular weight excluding hydrogens is 426 g/mol. The number of hydrogen-bond donors (Lipinski definition) is 1. The standard InChI is InChI=1S/C24H20ClN5O2/c1-2-20(31)29-11-13-30(14-12-29)23-17-9-10-19(26-22(17)27-24(32)28-23)16-7-3-5-15-6-4-8-18(25)21(15)16/h2-10H,1,11-14H2,(H,26,27,28,32). The first-order valence-corrected chi connectivity index (χ1v) is 10.6. The van der Waals surface area contributed by atoms with Gasteiger partial charge in [0.2, 0.25) is 5.91 Å².